The molecule has 1 aromatic carbocycles. The van der Waals surface area contributed by atoms with Crippen LogP contribution >= 0.6 is 23.1 Å². The van der Waals surface area contributed by atoms with Crippen molar-refractivity contribution in [3.05, 3.63) is 46.8 Å². The molecule has 13 heteroatoms. The molecule has 11 nitrogen and oxygen atoms in total. The maximum atomic E-state index is 13.3. The number of nitrogens with one attached hydrogen (secondary N) is 2. The molecule has 4 aromatic rings. The van der Waals surface area contributed by atoms with E-state index in [-0.39, 0.29) is 0 Å². The van der Waals surface area contributed by atoms with Crippen LogP contribution in [0.2, 0.25) is 0 Å². The van der Waals surface area contributed by atoms with Crippen molar-refractivity contribution in [3.63, 3.8) is 0 Å². The lowest BCUT2D eigenvalue weighted by molar-refractivity contribution is 0.250. The molecule has 3 aliphatic rings. The van der Waals surface area contributed by atoms with Crippen molar-refractivity contribution < 1.29 is 9.30 Å². The van der Waals surface area contributed by atoms with Gasteiger partial charge in [-0.1, -0.05) is 0 Å². The number of aryl methyl sites for hydroxylation is 1. The zero-order valence-corrected chi connectivity index (χ0v) is 26.0. The number of methoxy groups -OCH3 is 1. The number of benzene rings is 1. The molecule has 0 spiro atoms. The van der Waals surface area contributed by atoms with E-state index in [9.17, 15) is 4.57 Å². The highest BCUT2D eigenvalue weighted by Gasteiger charge is 2.31. The Morgan fingerprint density at radius 1 is 1.00 bits per heavy atom. The van der Waals surface area contributed by atoms with Crippen LogP contribution in [0.15, 0.2) is 41.3 Å². The SMILES string of the molecule is COc1nc(N2CCN3CCC2CC3)c(C)cc1Nc1ncc(Br)c(Nc2ccc3nccnc3c2P(C)(C)=O)n1. The first-order chi connectivity index (χ1) is 19.7. The second-order valence-corrected chi connectivity index (χ2v) is 14.8. The number of anilines is 5. The minimum atomic E-state index is -2.73. The summed E-state index contributed by atoms with van der Waals surface area (Å²) < 4.78 is 19.7. The molecule has 214 valence electrons. The fourth-order valence-electron chi connectivity index (χ4n) is 5.72. The highest BCUT2D eigenvalue weighted by Crippen LogP contribution is 2.41. The molecule has 3 aromatic heterocycles. The maximum Gasteiger partial charge on any atom is 0.239 e. The number of piperidine rings is 1. The predicted molar refractivity (Wildman–Crippen MR) is 167 cm³/mol. The number of pyridine rings is 1. The molecule has 3 fully saturated rings. The molecule has 3 aliphatic heterocycles. The van der Waals surface area contributed by atoms with Crippen molar-refractivity contribution in [2.75, 3.05) is 62.2 Å². The lowest BCUT2D eigenvalue weighted by Gasteiger charge is -2.33. The Morgan fingerprint density at radius 3 is 2.54 bits per heavy atom. The monoisotopic (exact) mass is 637 g/mol. The Hall–Kier alpha value is -3.34. The number of nitrogens with zero attached hydrogens (tertiary/aromatic N) is 7. The highest BCUT2D eigenvalue weighted by atomic mass is 79.9. The Balaban J connectivity index is 1.31. The number of hydrogen-bond donors (Lipinski definition) is 2. The van der Waals surface area contributed by atoms with E-state index >= 15 is 0 Å². The smallest absolute Gasteiger partial charge is 0.239 e. The Morgan fingerprint density at radius 2 is 1.78 bits per heavy atom. The molecule has 7 rings (SSSR count). The molecule has 0 saturated carbocycles. The van der Waals surface area contributed by atoms with E-state index in [4.69, 9.17) is 14.7 Å². The molecule has 6 heterocycles. The van der Waals surface area contributed by atoms with Crippen molar-refractivity contribution in [1.82, 2.24) is 29.8 Å². The Kier molecular flexibility index (Phi) is 7.56. The summed E-state index contributed by atoms with van der Waals surface area (Å²) in [7, 11) is -1.11. The number of rotatable bonds is 7. The summed E-state index contributed by atoms with van der Waals surface area (Å²) in [4.78, 5) is 28.0. The van der Waals surface area contributed by atoms with Crippen LogP contribution in [-0.4, -0.2) is 82.5 Å². The summed E-state index contributed by atoms with van der Waals surface area (Å²) in [5.74, 6) is 2.33. The quantitative estimate of drug-likeness (QED) is 0.269. The van der Waals surface area contributed by atoms with Crippen LogP contribution in [0.1, 0.15) is 18.4 Å². The maximum absolute atomic E-state index is 13.3. The first-order valence-electron chi connectivity index (χ1n) is 13.6. The number of aromatic nitrogens is 5. The number of fused-ring (bicyclic) bond motifs is 5. The zero-order valence-electron chi connectivity index (χ0n) is 23.6. The van der Waals surface area contributed by atoms with E-state index in [0.29, 0.717) is 55.9 Å². The molecule has 0 aliphatic carbocycles. The van der Waals surface area contributed by atoms with Gasteiger partial charge in [-0.15, -0.1) is 0 Å². The van der Waals surface area contributed by atoms with Crippen LogP contribution in [-0.2, 0) is 4.57 Å². The van der Waals surface area contributed by atoms with Gasteiger partial charge in [-0.25, -0.2) is 4.98 Å². The molecule has 0 atom stereocenters. The molecular weight excluding hydrogens is 605 g/mol. The topological polar surface area (TPSA) is 121 Å². The average Bonchev–Trinajstić information content (AvgIpc) is 3.28. The normalized spacial score (nSPS) is 18.8. The van der Waals surface area contributed by atoms with Crippen molar-refractivity contribution in [1.29, 1.82) is 0 Å². The molecule has 0 radical (unpaired) electrons. The number of halogens is 1. The van der Waals surface area contributed by atoms with Gasteiger partial charge in [0, 0.05) is 50.8 Å². The van der Waals surface area contributed by atoms with Crippen LogP contribution in [0, 0.1) is 6.92 Å². The van der Waals surface area contributed by atoms with Crippen LogP contribution in [0.5, 0.6) is 5.88 Å². The molecule has 0 amide bonds. The Bertz CT molecular complexity index is 1660. The van der Waals surface area contributed by atoms with E-state index in [0.717, 1.165) is 50.4 Å². The predicted octanol–water partition coefficient (Wildman–Crippen LogP) is 4.91. The molecule has 41 heavy (non-hydrogen) atoms. The van der Waals surface area contributed by atoms with Gasteiger partial charge in [0.15, 0.2) is 0 Å². The Labute approximate surface area is 247 Å². The van der Waals surface area contributed by atoms with E-state index in [1.807, 2.05) is 18.2 Å². The van der Waals surface area contributed by atoms with Gasteiger partial charge in [-0.2, -0.15) is 9.97 Å². The van der Waals surface area contributed by atoms with Gasteiger partial charge in [0.05, 0.1) is 28.1 Å². The van der Waals surface area contributed by atoms with E-state index in [1.54, 1.807) is 39.0 Å². The molecule has 0 unspecified atom stereocenters. The van der Waals surface area contributed by atoms with Gasteiger partial charge >= 0.3 is 0 Å². The van der Waals surface area contributed by atoms with Gasteiger partial charge in [0.25, 0.3) is 0 Å². The molecule has 2 N–H and O–H groups in total. The van der Waals surface area contributed by atoms with Crippen molar-refractivity contribution >= 4 is 68.4 Å². The first-order valence-corrected chi connectivity index (χ1v) is 17.0. The standard InChI is InChI=1S/C28H33BrN9O2P/c1-17-15-22(27(40-2)36-26(17)38-14-13-37-11-7-18(38)8-12-37)34-28-32-16-19(29)25(35-28)33-21-6-5-20-23(31-10-9-30-20)24(21)41(3,4)39/h5-6,9-10,15-16,18H,7-8,11-14H2,1-4H3,(H2,32,33,34,35). The lowest BCUT2D eigenvalue weighted by Crippen LogP contribution is -2.38. The van der Waals surface area contributed by atoms with Crippen molar-refractivity contribution in [2.24, 2.45) is 0 Å². The van der Waals surface area contributed by atoms with E-state index < -0.39 is 7.14 Å². The fourth-order valence-corrected chi connectivity index (χ4v) is 7.40. The summed E-state index contributed by atoms with van der Waals surface area (Å²) in [6.07, 6.45) is 7.21. The second-order valence-electron chi connectivity index (χ2n) is 10.8. The lowest BCUT2D eigenvalue weighted by atomic mass is 10.0. The average molecular weight is 639 g/mol. The summed E-state index contributed by atoms with van der Waals surface area (Å²) in [5.41, 5.74) is 3.69. The molecular formula is C28H33BrN9O2P. The van der Waals surface area contributed by atoms with Crippen LogP contribution in [0.3, 0.4) is 0 Å². The van der Waals surface area contributed by atoms with E-state index in [2.05, 4.69) is 58.2 Å². The summed E-state index contributed by atoms with van der Waals surface area (Å²) in [5, 5.41) is 7.26. The van der Waals surface area contributed by atoms with Crippen LogP contribution in [0.4, 0.5) is 29.0 Å². The largest absolute Gasteiger partial charge is 0.479 e. The summed E-state index contributed by atoms with van der Waals surface area (Å²) >= 11 is 3.56. The van der Waals surface area contributed by atoms with Gasteiger partial charge < -0.3 is 29.7 Å². The number of hydrogen-bond acceptors (Lipinski definition) is 11. The van der Waals surface area contributed by atoms with Crippen molar-refractivity contribution in [2.45, 2.75) is 25.8 Å². The number of ether oxygens (including phenoxy) is 1. The van der Waals surface area contributed by atoms with Gasteiger partial charge in [-0.3, -0.25) is 9.97 Å². The third kappa shape index (κ3) is 5.60. The van der Waals surface area contributed by atoms with Crippen LogP contribution in [0.25, 0.3) is 11.0 Å². The first kappa shape index (κ1) is 27.8. The molecule has 2 bridgehead atoms. The summed E-state index contributed by atoms with van der Waals surface area (Å²) in [6.45, 7) is 9.85. The van der Waals surface area contributed by atoms with Crippen LogP contribution < -0.4 is 25.6 Å². The minimum Gasteiger partial charge on any atom is -0.479 e. The van der Waals surface area contributed by atoms with Gasteiger partial charge in [0.2, 0.25) is 11.8 Å². The van der Waals surface area contributed by atoms with Crippen molar-refractivity contribution in [3.8, 4) is 5.88 Å². The van der Waals surface area contributed by atoms with E-state index in [1.165, 1.54) is 0 Å². The summed E-state index contributed by atoms with van der Waals surface area (Å²) in [6, 6.07) is 6.25. The minimum absolute atomic E-state index is 0.363. The van der Waals surface area contributed by atoms with Gasteiger partial charge in [0.1, 0.15) is 30.0 Å². The zero-order chi connectivity index (χ0) is 28.7. The second kappa shape index (κ2) is 11.2. The van der Waals surface area contributed by atoms with Gasteiger partial charge in [-0.05, 0) is 72.8 Å². The third-order valence-corrected chi connectivity index (χ3v) is 9.78. The third-order valence-electron chi connectivity index (χ3n) is 7.67. The molecule has 3 saturated heterocycles. The fraction of sp³-hybridized carbons (Fsp3) is 0.393. The highest BCUT2D eigenvalue weighted by molar-refractivity contribution is 9.10.